The Balaban J connectivity index is 3.32. The first kappa shape index (κ1) is 20.9. The zero-order valence-corrected chi connectivity index (χ0v) is 14.8. The van der Waals surface area contributed by atoms with E-state index in [0.717, 1.165) is 12.8 Å². The highest BCUT2D eigenvalue weighted by Gasteiger charge is 2.14. The van der Waals surface area contributed by atoms with Crippen molar-refractivity contribution in [1.82, 2.24) is 5.32 Å². The predicted octanol–water partition coefficient (Wildman–Crippen LogP) is 4.37. The van der Waals surface area contributed by atoms with Gasteiger partial charge in [-0.15, -0.1) is 0 Å². The van der Waals surface area contributed by atoms with Crippen molar-refractivity contribution in [1.29, 1.82) is 0 Å². The van der Waals surface area contributed by atoms with E-state index in [-0.39, 0.29) is 5.91 Å². The molecule has 0 bridgehead atoms. The number of unbranched alkanes of at least 4 members (excludes halogenated alkanes) is 10. The fourth-order valence-electron chi connectivity index (χ4n) is 2.50. The average molecular weight is 313 g/mol. The maximum absolute atomic E-state index is 11.6. The molecule has 0 unspecified atom stereocenters. The van der Waals surface area contributed by atoms with Crippen molar-refractivity contribution in [2.75, 3.05) is 7.11 Å². The molecule has 0 aromatic rings. The maximum atomic E-state index is 11.6. The molecule has 0 fully saturated rings. The molecule has 1 N–H and O–H groups in total. The molecule has 0 aliphatic heterocycles. The van der Waals surface area contributed by atoms with Crippen LogP contribution in [0.15, 0.2) is 0 Å². The topological polar surface area (TPSA) is 55.4 Å². The zero-order valence-electron chi connectivity index (χ0n) is 14.8. The highest BCUT2D eigenvalue weighted by atomic mass is 16.5. The molecule has 0 saturated carbocycles. The number of hydrogen-bond donors (Lipinski definition) is 1. The average Bonchev–Trinajstić information content (AvgIpc) is 2.51. The normalized spacial score (nSPS) is 12.0. The third kappa shape index (κ3) is 12.7. The van der Waals surface area contributed by atoms with Crippen molar-refractivity contribution < 1.29 is 14.3 Å². The monoisotopic (exact) mass is 313 g/mol. The van der Waals surface area contributed by atoms with Gasteiger partial charge in [-0.1, -0.05) is 71.1 Å². The molecule has 0 spiro atoms. The van der Waals surface area contributed by atoms with Gasteiger partial charge >= 0.3 is 5.97 Å². The summed E-state index contributed by atoms with van der Waals surface area (Å²) in [5.74, 6) is -0.457. The van der Waals surface area contributed by atoms with Gasteiger partial charge in [0.2, 0.25) is 5.91 Å². The lowest BCUT2D eigenvalue weighted by Crippen LogP contribution is -2.38. The third-order valence-corrected chi connectivity index (χ3v) is 3.94. The van der Waals surface area contributed by atoms with Gasteiger partial charge in [0.05, 0.1) is 7.11 Å². The molecule has 0 aliphatic rings. The number of methoxy groups -OCH3 is 1. The molecule has 0 radical (unpaired) electrons. The van der Waals surface area contributed by atoms with Gasteiger partial charge in [0, 0.05) is 6.42 Å². The highest BCUT2D eigenvalue weighted by molar-refractivity contribution is 5.83. The van der Waals surface area contributed by atoms with E-state index in [1.807, 2.05) is 0 Å². The van der Waals surface area contributed by atoms with Gasteiger partial charge in [-0.25, -0.2) is 4.79 Å². The Morgan fingerprint density at radius 1 is 0.864 bits per heavy atom. The van der Waals surface area contributed by atoms with E-state index < -0.39 is 12.0 Å². The molecule has 0 heterocycles. The summed E-state index contributed by atoms with van der Waals surface area (Å²) in [5.41, 5.74) is 0. The summed E-state index contributed by atoms with van der Waals surface area (Å²) in [6, 6.07) is -0.551. The number of esters is 1. The summed E-state index contributed by atoms with van der Waals surface area (Å²) in [6.07, 6.45) is 14.4. The quantitative estimate of drug-likeness (QED) is 0.383. The Hall–Kier alpha value is -1.06. The lowest BCUT2D eigenvalue weighted by molar-refractivity contribution is -0.144. The second-order valence-corrected chi connectivity index (χ2v) is 6.10. The van der Waals surface area contributed by atoms with E-state index in [0.29, 0.717) is 6.42 Å². The molecule has 0 aromatic carbocycles. The Kier molecular flexibility index (Phi) is 14.1. The summed E-state index contributed by atoms with van der Waals surface area (Å²) in [4.78, 5) is 22.8. The Bertz CT molecular complexity index is 292. The largest absolute Gasteiger partial charge is 0.467 e. The van der Waals surface area contributed by atoms with Crippen LogP contribution in [0, 0.1) is 0 Å². The highest BCUT2D eigenvalue weighted by Crippen LogP contribution is 2.11. The number of nitrogens with one attached hydrogen (secondary N) is 1. The minimum absolute atomic E-state index is 0.0613. The van der Waals surface area contributed by atoms with Crippen molar-refractivity contribution in [2.24, 2.45) is 0 Å². The standard InChI is InChI=1S/C18H35NO3/c1-4-5-6-7-8-9-10-11-12-13-14-15-17(20)19-16(2)18(21)22-3/h16H,4-15H2,1-3H3,(H,19,20)/t16-/m0/s1. The van der Waals surface area contributed by atoms with E-state index in [4.69, 9.17) is 0 Å². The van der Waals surface area contributed by atoms with Crippen molar-refractivity contribution in [3.8, 4) is 0 Å². The van der Waals surface area contributed by atoms with Crippen LogP contribution in [-0.4, -0.2) is 25.0 Å². The summed E-state index contributed by atoms with van der Waals surface area (Å²) in [6.45, 7) is 3.89. The summed E-state index contributed by atoms with van der Waals surface area (Å²) < 4.78 is 4.57. The second-order valence-electron chi connectivity index (χ2n) is 6.10. The second kappa shape index (κ2) is 14.9. The first-order valence-corrected chi connectivity index (χ1v) is 8.99. The van der Waals surface area contributed by atoms with Crippen LogP contribution in [0.2, 0.25) is 0 Å². The number of carbonyl (C=O) groups excluding carboxylic acids is 2. The van der Waals surface area contributed by atoms with Gasteiger partial charge in [-0.05, 0) is 13.3 Å². The summed E-state index contributed by atoms with van der Waals surface area (Å²) >= 11 is 0. The fraction of sp³-hybridized carbons (Fsp3) is 0.889. The van der Waals surface area contributed by atoms with Crippen LogP contribution in [0.25, 0.3) is 0 Å². The van der Waals surface area contributed by atoms with Crippen LogP contribution >= 0.6 is 0 Å². The third-order valence-electron chi connectivity index (χ3n) is 3.94. The smallest absolute Gasteiger partial charge is 0.328 e. The van der Waals surface area contributed by atoms with Crippen LogP contribution in [-0.2, 0) is 14.3 Å². The van der Waals surface area contributed by atoms with Crippen LogP contribution < -0.4 is 5.32 Å². The lowest BCUT2D eigenvalue weighted by atomic mass is 10.1. The molecule has 0 saturated heterocycles. The van der Waals surface area contributed by atoms with Gasteiger partial charge in [0.1, 0.15) is 6.04 Å². The molecule has 0 aliphatic carbocycles. The molecule has 0 rings (SSSR count). The minimum atomic E-state index is -0.551. The number of rotatable bonds is 14. The molecular formula is C18H35NO3. The number of hydrogen-bond acceptors (Lipinski definition) is 3. The molecule has 0 aromatic heterocycles. The molecule has 22 heavy (non-hydrogen) atoms. The van der Waals surface area contributed by atoms with Crippen molar-refractivity contribution in [3.63, 3.8) is 0 Å². The molecule has 1 atom stereocenters. The van der Waals surface area contributed by atoms with Crippen LogP contribution in [0.4, 0.5) is 0 Å². The van der Waals surface area contributed by atoms with E-state index in [1.165, 1.54) is 64.9 Å². The number of carbonyl (C=O) groups is 2. The van der Waals surface area contributed by atoms with Gasteiger partial charge in [-0.3, -0.25) is 4.79 Å². The van der Waals surface area contributed by atoms with E-state index in [9.17, 15) is 9.59 Å². The number of amides is 1. The SMILES string of the molecule is CCCCCCCCCCCCCC(=O)N[C@@H](C)C(=O)OC. The Morgan fingerprint density at radius 3 is 1.77 bits per heavy atom. The van der Waals surface area contributed by atoms with Crippen LogP contribution in [0.3, 0.4) is 0 Å². The molecule has 4 nitrogen and oxygen atoms in total. The Morgan fingerprint density at radius 2 is 1.32 bits per heavy atom. The lowest BCUT2D eigenvalue weighted by Gasteiger charge is -2.11. The van der Waals surface area contributed by atoms with Gasteiger partial charge < -0.3 is 10.1 Å². The zero-order chi connectivity index (χ0) is 16.6. The summed E-state index contributed by atoms with van der Waals surface area (Å²) in [7, 11) is 1.33. The molecule has 1 amide bonds. The Labute approximate surface area is 136 Å². The van der Waals surface area contributed by atoms with Crippen LogP contribution in [0.5, 0.6) is 0 Å². The van der Waals surface area contributed by atoms with Crippen molar-refractivity contribution >= 4 is 11.9 Å². The predicted molar refractivity (Wildman–Crippen MR) is 90.7 cm³/mol. The van der Waals surface area contributed by atoms with Crippen molar-refractivity contribution in [2.45, 2.75) is 96.9 Å². The molecular weight excluding hydrogens is 278 g/mol. The van der Waals surface area contributed by atoms with E-state index in [1.54, 1.807) is 6.92 Å². The first-order valence-electron chi connectivity index (χ1n) is 8.99. The van der Waals surface area contributed by atoms with Gasteiger partial charge in [0.15, 0.2) is 0 Å². The molecule has 130 valence electrons. The fourth-order valence-corrected chi connectivity index (χ4v) is 2.50. The minimum Gasteiger partial charge on any atom is -0.467 e. The maximum Gasteiger partial charge on any atom is 0.328 e. The molecule has 4 heteroatoms. The van der Waals surface area contributed by atoms with E-state index in [2.05, 4.69) is 17.0 Å². The van der Waals surface area contributed by atoms with E-state index >= 15 is 0 Å². The van der Waals surface area contributed by atoms with Gasteiger partial charge in [-0.2, -0.15) is 0 Å². The first-order chi connectivity index (χ1) is 10.6. The van der Waals surface area contributed by atoms with Crippen LogP contribution in [0.1, 0.15) is 90.9 Å². The summed E-state index contributed by atoms with van der Waals surface area (Å²) in [5, 5.41) is 2.65. The van der Waals surface area contributed by atoms with Gasteiger partial charge in [0.25, 0.3) is 0 Å². The number of ether oxygens (including phenoxy) is 1. The van der Waals surface area contributed by atoms with Crippen molar-refractivity contribution in [3.05, 3.63) is 0 Å².